The second kappa shape index (κ2) is 30.2. The number of Topliss-reactive ketones (excluding diaryl/α,β-unsaturated/α-hetero) is 1. The maximum absolute atomic E-state index is 15.9. The molecule has 4 aliphatic rings. The number of carbonyl (C=O) groups excluding carboxylic acids is 7. The maximum atomic E-state index is 15.9. The van der Waals surface area contributed by atoms with Crippen LogP contribution in [0.15, 0.2) is 102 Å². The van der Waals surface area contributed by atoms with Crippen molar-refractivity contribution in [1.29, 1.82) is 0 Å². The molecule has 3 aromatic rings. The smallest absolute Gasteiger partial charge is 0.350 e. The number of esters is 5. The summed E-state index contributed by atoms with van der Waals surface area (Å²) in [7, 11) is 0. The Morgan fingerprint density at radius 2 is 1.16 bits per heavy atom. The number of aliphatic hydroxyl groups excluding tert-OH is 1. The van der Waals surface area contributed by atoms with Gasteiger partial charge in [0.25, 0.3) is 5.91 Å². The largest absolute Gasteiger partial charge is 0.481 e. The Balaban J connectivity index is 1.14. The van der Waals surface area contributed by atoms with Crippen LogP contribution in [0.1, 0.15) is 209 Å². The van der Waals surface area contributed by atoms with E-state index in [9.17, 15) is 39.0 Å². The molecule has 3 aliphatic carbocycles. The van der Waals surface area contributed by atoms with Crippen molar-refractivity contribution in [2.24, 2.45) is 16.7 Å². The molecule has 18 heteroatoms. The third-order valence-electron chi connectivity index (χ3n) is 18.5. The average molecular weight is 1190 g/mol. The number of hydrogen-bond donors (Lipinski definition) is 4. The summed E-state index contributed by atoms with van der Waals surface area (Å²) in [6, 6.07) is 23.3. The van der Waals surface area contributed by atoms with Gasteiger partial charge in [-0.1, -0.05) is 177 Å². The average Bonchev–Trinajstić information content (AvgIpc) is 0.673. The molecule has 1 aliphatic heterocycles. The Hall–Kier alpha value is -6.76. The first kappa shape index (κ1) is 66.8. The second-order valence-electron chi connectivity index (χ2n) is 24.7. The van der Waals surface area contributed by atoms with Crippen molar-refractivity contribution in [1.82, 2.24) is 5.32 Å². The van der Waals surface area contributed by atoms with E-state index in [0.29, 0.717) is 12.0 Å². The third kappa shape index (κ3) is 15.5. The Morgan fingerprint density at radius 3 is 1.65 bits per heavy atom. The van der Waals surface area contributed by atoms with Crippen LogP contribution >= 0.6 is 0 Å². The van der Waals surface area contributed by atoms with Crippen molar-refractivity contribution in [3.63, 3.8) is 0 Å². The second-order valence-corrected chi connectivity index (χ2v) is 24.7. The lowest BCUT2D eigenvalue weighted by molar-refractivity contribution is -0.346. The number of ether oxygens (including phenoxy) is 6. The molecule has 468 valence electrons. The summed E-state index contributed by atoms with van der Waals surface area (Å²) in [6.07, 6.45) is 7.24. The highest BCUT2D eigenvalue weighted by atomic mass is 16.6. The van der Waals surface area contributed by atoms with Gasteiger partial charge in [-0.05, 0) is 67.7 Å². The van der Waals surface area contributed by atoms with Crippen LogP contribution in [0.2, 0.25) is 0 Å². The topological polar surface area (TPSA) is 265 Å². The predicted octanol–water partition coefficient (Wildman–Crippen LogP) is 10.8. The van der Waals surface area contributed by atoms with Gasteiger partial charge in [-0.2, -0.15) is 0 Å². The maximum Gasteiger partial charge on any atom is 0.350 e. The molecule has 18 nitrogen and oxygen atoms in total. The minimum absolute atomic E-state index is 0.0157. The molecule has 1 saturated heterocycles. The van der Waals surface area contributed by atoms with Crippen LogP contribution in [-0.2, 0) is 57.2 Å². The molecule has 4 N–H and O–H groups in total. The van der Waals surface area contributed by atoms with E-state index in [1.807, 2.05) is 0 Å². The van der Waals surface area contributed by atoms with Crippen molar-refractivity contribution in [3.05, 3.63) is 119 Å². The van der Waals surface area contributed by atoms with Crippen LogP contribution in [-0.4, -0.2) is 117 Å². The molecular formula is C68H89NO17. The van der Waals surface area contributed by atoms with Gasteiger partial charge < -0.3 is 49.1 Å². The number of carboxylic acids is 1. The molecule has 1 heterocycles. The number of carbonyl (C=O) groups is 8. The first-order valence-corrected chi connectivity index (χ1v) is 31.0. The van der Waals surface area contributed by atoms with Crippen molar-refractivity contribution >= 4 is 47.5 Å². The van der Waals surface area contributed by atoms with Gasteiger partial charge in [-0.15, -0.1) is 0 Å². The van der Waals surface area contributed by atoms with Crippen LogP contribution in [0.4, 0.5) is 0 Å². The highest BCUT2D eigenvalue weighted by molar-refractivity contribution is 5.96. The number of ketones is 1. The van der Waals surface area contributed by atoms with Gasteiger partial charge in [0.2, 0.25) is 6.10 Å². The van der Waals surface area contributed by atoms with Gasteiger partial charge >= 0.3 is 35.8 Å². The molecule has 86 heavy (non-hydrogen) atoms. The van der Waals surface area contributed by atoms with E-state index in [1.165, 1.54) is 57.6 Å². The van der Waals surface area contributed by atoms with E-state index in [0.717, 1.165) is 78.1 Å². The molecule has 0 radical (unpaired) electrons. The van der Waals surface area contributed by atoms with Gasteiger partial charge in [0.05, 0.1) is 29.6 Å². The minimum atomic E-state index is -2.45. The third-order valence-corrected chi connectivity index (χ3v) is 18.5. The molecular weight excluding hydrogens is 1100 g/mol. The quantitative estimate of drug-likeness (QED) is 0.0202. The van der Waals surface area contributed by atoms with Crippen molar-refractivity contribution in [2.45, 2.75) is 230 Å². The Labute approximate surface area is 505 Å². The van der Waals surface area contributed by atoms with Gasteiger partial charge in [0.1, 0.15) is 30.0 Å². The summed E-state index contributed by atoms with van der Waals surface area (Å²) in [5.74, 6) is -8.32. The molecule has 1 amide bonds. The highest BCUT2D eigenvalue weighted by Crippen LogP contribution is 2.64. The molecule has 0 aromatic heterocycles. The minimum Gasteiger partial charge on any atom is -0.481 e. The number of rotatable bonds is 31. The number of benzene rings is 3. The van der Waals surface area contributed by atoms with E-state index >= 15 is 9.59 Å². The lowest BCUT2D eigenvalue weighted by Gasteiger charge is -2.67. The van der Waals surface area contributed by atoms with Gasteiger partial charge in [0, 0.05) is 50.5 Å². The van der Waals surface area contributed by atoms with E-state index < -0.39 is 125 Å². The zero-order valence-electron chi connectivity index (χ0n) is 50.9. The summed E-state index contributed by atoms with van der Waals surface area (Å²) >= 11 is 0. The van der Waals surface area contributed by atoms with Crippen LogP contribution in [0, 0.1) is 16.7 Å². The van der Waals surface area contributed by atoms with E-state index in [-0.39, 0.29) is 48.1 Å². The van der Waals surface area contributed by atoms with Gasteiger partial charge in [-0.25, -0.2) is 9.59 Å². The molecule has 11 atom stereocenters. The summed E-state index contributed by atoms with van der Waals surface area (Å²) in [5.41, 5.74) is -7.25. The molecule has 2 saturated carbocycles. The molecule has 0 spiro atoms. The van der Waals surface area contributed by atoms with Crippen molar-refractivity contribution in [2.75, 3.05) is 6.61 Å². The van der Waals surface area contributed by atoms with Crippen LogP contribution < -0.4 is 5.32 Å². The fourth-order valence-electron chi connectivity index (χ4n) is 13.7. The Kier molecular flexibility index (Phi) is 23.5. The van der Waals surface area contributed by atoms with Gasteiger partial charge in [-0.3, -0.25) is 28.8 Å². The summed E-state index contributed by atoms with van der Waals surface area (Å²) < 4.78 is 37.3. The van der Waals surface area contributed by atoms with Gasteiger partial charge in [0.15, 0.2) is 17.5 Å². The summed E-state index contributed by atoms with van der Waals surface area (Å²) in [4.78, 5) is 111. The lowest BCUT2D eigenvalue weighted by atomic mass is 9.44. The number of aliphatic carboxylic acids is 1. The molecule has 7 rings (SSSR count). The zero-order chi connectivity index (χ0) is 62.2. The van der Waals surface area contributed by atoms with Crippen molar-refractivity contribution in [3.8, 4) is 0 Å². The number of nitrogens with one attached hydrogen (secondary N) is 1. The Morgan fingerprint density at radius 1 is 0.663 bits per heavy atom. The fourth-order valence-corrected chi connectivity index (χ4v) is 13.7. The fraction of sp³-hybridized carbons (Fsp3) is 0.588. The SMILES string of the molecule is CC(=O)O[C@H]1C(=O)C2(C)[C@@H](O)C[C@H]3OC[C@@]3(OC(C)=O)[C@H]2[C@H](OC(=O)c2ccccc2)[C@]2(O)C[C@H](OC(=O)[C@H](OC(=O)CCCCCCCCCCCCCCCCCCCC(=O)O)[C@@H](NC(=O)c3ccccc3)c3ccccc3)C(C)=C1C2(C)C. The number of hydrogen-bond acceptors (Lipinski definition) is 16. The number of carboxylic acid groups (broad SMARTS) is 1. The molecule has 1 unspecified atom stereocenters. The molecule has 2 bridgehead atoms. The van der Waals surface area contributed by atoms with Crippen molar-refractivity contribution < 1.29 is 82.1 Å². The normalized spacial score (nSPS) is 26.2. The molecule has 3 aromatic carbocycles. The Bertz CT molecular complexity index is 2860. The summed E-state index contributed by atoms with van der Waals surface area (Å²) in [5, 5.41) is 38.1. The number of amides is 1. The first-order chi connectivity index (χ1) is 41.1. The number of fused-ring (bicyclic) bond motifs is 5. The lowest BCUT2D eigenvalue weighted by Crippen LogP contribution is -2.82. The van der Waals surface area contributed by atoms with Crippen LogP contribution in [0.3, 0.4) is 0 Å². The monoisotopic (exact) mass is 1190 g/mol. The standard InChI is InChI=1S/C68H89NO17/c1-44-50(42-68(80)61(85-63(78)49-37-29-24-30-38-49)59-66(6,51(72)41-52-67(59,43-81-52)86-46(3)71)60(76)57(82-45(2)70)55(44)65(68,4)5)83-64(79)58(56(47-33-25-22-26-34-47)69-62(77)48-35-27-23-28-36-48)84-54(75)40-32-21-19-17-15-13-11-9-7-8-10-12-14-16-18-20-31-39-53(73)74/h22-30,33-38,50-52,56-59,61,72,80H,7-21,31-32,39-43H2,1-6H3,(H,69,77)(H,73,74)/t50-,51-,52+,56-,57+,58+,59-,61-,66?,67-,68+/m0/s1. The van der Waals surface area contributed by atoms with Crippen LogP contribution in [0.25, 0.3) is 0 Å². The van der Waals surface area contributed by atoms with E-state index in [4.69, 9.17) is 33.5 Å². The number of aliphatic hydroxyl groups is 2. The highest BCUT2D eigenvalue weighted by Gasteiger charge is 2.78. The van der Waals surface area contributed by atoms with Crippen LogP contribution in [0.5, 0.6) is 0 Å². The van der Waals surface area contributed by atoms with E-state index in [2.05, 4.69) is 5.32 Å². The summed E-state index contributed by atoms with van der Waals surface area (Å²) in [6.45, 7) is 8.03. The zero-order valence-corrected chi connectivity index (χ0v) is 50.9. The first-order valence-electron chi connectivity index (χ1n) is 31.0. The van der Waals surface area contributed by atoms with E-state index in [1.54, 1.807) is 99.6 Å². The molecule has 3 fully saturated rings. The number of unbranched alkanes of at least 4 members (excludes halogenated alkanes) is 16. The predicted molar refractivity (Wildman–Crippen MR) is 317 cm³/mol.